The first-order chi connectivity index (χ1) is 21.3. The van der Waals surface area contributed by atoms with Crippen LogP contribution < -0.4 is 0 Å². The Hall–Kier alpha value is -4.01. The van der Waals surface area contributed by atoms with Crippen LogP contribution in [0.5, 0.6) is 0 Å². The monoisotopic (exact) mass is 607 g/mol. The van der Waals surface area contributed by atoms with Crippen molar-refractivity contribution >= 4 is 16.7 Å². The van der Waals surface area contributed by atoms with Crippen LogP contribution >= 0.6 is 0 Å². The van der Waals surface area contributed by atoms with E-state index in [0.29, 0.717) is 12.0 Å². The van der Waals surface area contributed by atoms with Crippen molar-refractivity contribution in [1.29, 1.82) is 0 Å². The lowest BCUT2D eigenvalue weighted by Crippen LogP contribution is -2.38. The van der Waals surface area contributed by atoms with E-state index in [4.69, 9.17) is 4.98 Å². The fourth-order valence-electron chi connectivity index (χ4n) is 6.82. The van der Waals surface area contributed by atoms with Gasteiger partial charge < -0.3 is 4.57 Å². The highest BCUT2D eigenvalue weighted by molar-refractivity contribution is 7.89. The number of hydrogen-bond donors (Lipinski definition) is 0. The minimum Gasteiger partial charge on any atom is -0.321 e. The summed E-state index contributed by atoms with van der Waals surface area (Å²) in [6.45, 7) is 9.59. The zero-order valence-corrected chi connectivity index (χ0v) is 26.4. The van der Waals surface area contributed by atoms with Crippen LogP contribution in [0.2, 0.25) is 0 Å². The lowest BCUT2D eigenvalue weighted by atomic mass is 9.83. The quantitative estimate of drug-likeness (QED) is 0.182. The van der Waals surface area contributed by atoms with Gasteiger partial charge in [0.1, 0.15) is 5.82 Å². The van der Waals surface area contributed by atoms with E-state index in [2.05, 4.69) is 81.8 Å². The third kappa shape index (κ3) is 6.14. The molecular formula is C36H41N5O2S. The predicted molar refractivity (Wildman–Crippen MR) is 176 cm³/mol. The molecule has 6 rings (SSSR count). The highest BCUT2D eigenvalue weighted by Gasteiger charge is 2.40. The highest BCUT2D eigenvalue weighted by Crippen LogP contribution is 2.40. The second-order valence-electron chi connectivity index (χ2n) is 12.1. The maximum atomic E-state index is 13.6. The van der Waals surface area contributed by atoms with E-state index in [1.165, 1.54) is 15.4 Å². The number of aliphatic imine (C=N–C) groups is 1. The van der Waals surface area contributed by atoms with E-state index in [-0.39, 0.29) is 10.9 Å². The highest BCUT2D eigenvalue weighted by atomic mass is 32.2. The average Bonchev–Trinajstić information content (AvgIpc) is 3.65. The summed E-state index contributed by atoms with van der Waals surface area (Å²) in [5.41, 5.74) is 4.83. The molecule has 0 N–H and O–H groups in total. The lowest BCUT2D eigenvalue weighted by molar-refractivity contribution is 0.132. The Morgan fingerprint density at radius 2 is 1.45 bits per heavy atom. The number of aryl methyl sites for hydroxylation is 2. The van der Waals surface area contributed by atoms with E-state index in [9.17, 15) is 8.42 Å². The van der Waals surface area contributed by atoms with Crippen LogP contribution in [0, 0.1) is 13.8 Å². The molecule has 228 valence electrons. The molecule has 1 fully saturated rings. The van der Waals surface area contributed by atoms with Gasteiger partial charge in [-0.05, 0) is 75.6 Å². The minimum absolute atomic E-state index is 0.249. The molecule has 0 amide bonds. The summed E-state index contributed by atoms with van der Waals surface area (Å²) in [7, 11) is -3.79. The second-order valence-corrected chi connectivity index (χ2v) is 13.9. The average molecular weight is 608 g/mol. The molecule has 8 heteroatoms. The van der Waals surface area contributed by atoms with Crippen LogP contribution in [-0.2, 0) is 23.1 Å². The standard InChI is InChI=1S/C36H41N5O2S/c1-27-14-20-33(21-15-27)44(42,43)40-23-22-34(36(40)37-3)41-28(2)38-24-35(41)31-16-18-32(19-17-31)39(25-29-10-6-4-7-11-29)26-30-12-8-5-9-13-30/h4-15,20-24,31-32,34,36H,3,16-19,25-26H2,1-2H3. The number of sulfonamides is 1. The molecule has 44 heavy (non-hydrogen) atoms. The molecule has 2 heterocycles. The molecule has 7 nitrogen and oxygen atoms in total. The van der Waals surface area contributed by atoms with Crippen LogP contribution in [0.15, 0.2) is 113 Å². The van der Waals surface area contributed by atoms with Gasteiger partial charge in [-0.3, -0.25) is 9.89 Å². The summed E-state index contributed by atoms with van der Waals surface area (Å²) in [5.74, 6) is 1.19. The Kier molecular flexibility index (Phi) is 8.82. The number of imidazole rings is 1. The van der Waals surface area contributed by atoms with Crippen LogP contribution in [0.25, 0.3) is 0 Å². The topological polar surface area (TPSA) is 70.8 Å². The van der Waals surface area contributed by atoms with Gasteiger partial charge in [0.2, 0.25) is 0 Å². The molecule has 1 aliphatic carbocycles. The van der Waals surface area contributed by atoms with Crippen molar-refractivity contribution in [2.75, 3.05) is 0 Å². The Balaban J connectivity index is 1.19. The molecule has 0 bridgehead atoms. The van der Waals surface area contributed by atoms with E-state index in [1.807, 2.05) is 38.3 Å². The number of benzene rings is 3. The molecular weight excluding hydrogens is 566 g/mol. The van der Waals surface area contributed by atoms with Gasteiger partial charge in [-0.15, -0.1) is 0 Å². The summed E-state index contributed by atoms with van der Waals surface area (Å²) in [5, 5.41) is 0. The van der Waals surface area contributed by atoms with Crippen molar-refractivity contribution < 1.29 is 8.42 Å². The zero-order chi connectivity index (χ0) is 30.7. The van der Waals surface area contributed by atoms with E-state index < -0.39 is 16.2 Å². The minimum atomic E-state index is -3.79. The maximum absolute atomic E-state index is 13.6. The summed E-state index contributed by atoms with van der Waals surface area (Å²) < 4.78 is 30.8. The van der Waals surface area contributed by atoms with Crippen molar-refractivity contribution in [3.8, 4) is 0 Å². The van der Waals surface area contributed by atoms with Crippen LogP contribution in [0.3, 0.4) is 0 Å². The SMILES string of the molecule is C=NC1C(n2c(C3CCC(N(Cc4ccccc4)Cc4ccccc4)CC3)cnc2C)C=CN1S(=O)(=O)c1ccc(C)cc1. The van der Waals surface area contributed by atoms with Crippen LogP contribution in [-0.4, -0.2) is 46.1 Å². The summed E-state index contributed by atoms with van der Waals surface area (Å²) in [6.07, 6.45) is 9.14. The van der Waals surface area contributed by atoms with Gasteiger partial charge in [-0.2, -0.15) is 0 Å². The fourth-order valence-corrected chi connectivity index (χ4v) is 8.25. The van der Waals surface area contributed by atoms with Gasteiger partial charge in [-0.25, -0.2) is 17.7 Å². The van der Waals surface area contributed by atoms with Gasteiger partial charge in [0.15, 0.2) is 6.17 Å². The number of rotatable bonds is 10. The Morgan fingerprint density at radius 1 is 0.864 bits per heavy atom. The Labute approximate surface area is 261 Å². The van der Waals surface area contributed by atoms with Gasteiger partial charge in [0, 0.05) is 43.1 Å². The van der Waals surface area contributed by atoms with Gasteiger partial charge in [0.25, 0.3) is 10.0 Å². The number of hydrogen-bond acceptors (Lipinski definition) is 5. The largest absolute Gasteiger partial charge is 0.321 e. The normalized spacial score (nSPS) is 22.0. The smallest absolute Gasteiger partial charge is 0.265 e. The molecule has 0 radical (unpaired) electrons. The van der Waals surface area contributed by atoms with Crippen LogP contribution in [0.1, 0.15) is 65.9 Å². The van der Waals surface area contributed by atoms with Gasteiger partial charge in [-0.1, -0.05) is 78.4 Å². The first kappa shape index (κ1) is 30.0. The third-order valence-electron chi connectivity index (χ3n) is 9.18. The molecule has 1 aromatic heterocycles. The van der Waals surface area contributed by atoms with Gasteiger partial charge >= 0.3 is 0 Å². The zero-order valence-electron chi connectivity index (χ0n) is 25.5. The van der Waals surface area contributed by atoms with E-state index in [0.717, 1.165) is 55.9 Å². The second kappa shape index (κ2) is 12.9. The Morgan fingerprint density at radius 3 is 2.02 bits per heavy atom. The van der Waals surface area contributed by atoms with E-state index >= 15 is 0 Å². The summed E-state index contributed by atoms with van der Waals surface area (Å²) >= 11 is 0. The van der Waals surface area contributed by atoms with Crippen LogP contribution in [0.4, 0.5) is 0 Å². The molecule has 3 aromatic carbocycles. The maximum Gasteiger partial charge on any atom is 0.265 e. The lowest BCUT2D eigenvalue weighted by Gasteiger charge is -2.38. The molecule has 4 aromatic rings. The van der Waals surface area contributed by atoms with Gasteiger partial charge in [0.05, 0.1) is 10.9 Å². The first-order valence-electron chi connectivity index (χ1n) is 15.4. The molecule has 1 saturated carbocycles. The van der Waals surface area contributed by atoms with E-state index in [1.54, 1.807) is 18.3 Å². The van der Waals surface area contributed by atoms with Crippen molar-refractivity contribution in [3.63, 3.8) is 0 Å². The predicted octanol–water partition coefficient (Wildman–Crippen LogP) is 7.01. The van der Waals surface area contributed by atoms with Crippen molar-refractivity contribution in [2.24, 2.45) is 4.99 Å². The molecule has 0 spiro atoms. The van der Waals surface area contributed by atoms with Crippen molar-refractivity contribution in [2.45, 2.75) is 81.7 Å². The first-order valence-corrected chi connectivity index (χ1v) is 16.9. The molecule has 0 saturated heterocycles. The molecule has 2 aliphatic rings. The summed E-state index contributed by atoms with van der Waals surface area (Å²) in [4.78, 5) is 11.9. The third-order valence-corrected chi connectivity index (χ3v) is 10.9. The molecule has 2 unspecified atom stereocenters. The molecule has 2 atom stereocenters. The Bertz CT molecular complexity index is 1650. The fraction of sp³-hybridized carbons (Fsp3) is 0.333. The number of nitrogens with zero attached hydrogens (tertiary/aromatic N) is 5. The van der Waals surface area contributed by atoms with Crippen molar-refractivity contribution in [1.82, 2.24) is 18.8 Å². The molecule has 1 aliphatic heterocycles. The summed E-state index contributed by atoms with van der Waals surface area (Å²) in [6, 6.07) is 28.6. The van der Waals surface area contributed by atoms with Crippen molar-refractivity contribution in [3.05, 3.63) is 132 Å². The number of aromatic nitrogens is 2.